The molecule has 2 rings (SSSR count). The number of carboxylic acid groups (broad SMARTS) is 1. The smallest absolute Gasteiger partial charge is 0.413 e. The van der Waals surface area contributed by atoms with Crippen LogP contribution in [0.25, 0.3) is 0 Å². The Morgan fingerprint density at radius 3 is 2.64 bits per heavy atom. The lowest BCUT2D eigenvalue weighted by atomic mass is 10.2. The summed E-state index contributed by atoms with van der Waals surface area (Å²) >= 11 is 5.89. The number of carbonyl (C=O) groups is 3. The van der Waals surface area contributed by atoms with E-state index in [1.807, 2.05) is 0 Å². The fraction of sp³-hybridized carbons (Fsp3) is 0.438. The first-order chi connectivity index (χ1) is 11.8. The molecule has 0 radical (unpaired) electrons. The van der Waals surface area contributed by atoms with Gasteiger partial charge in [-0.15, -0.1) is 0 Å². The van der Waals surface area contributed by atoms with Crippen molar-refractivity contribution in [2.45, 2.75) is 38.7 Å². The summed E-state index contributed by atoms with van der Waals surface area (Å²) in [5, 5.41) is 9.81. The van der Waals surface area contributed by atoms with Gasteiger partial charge in [0.2, 0.25) is 6.29 Å². The van der Waals surface area contributed by atoms with Crippen LogP contribution in [0, 0.1) is 0 Å². The highest BCUT2D eigenvalue weighted by Crippen LogP contribution is 2.26. The van der Waals surface area contributed by atoms with Crippen LogP contribution in [-0.2, 0) is 19.1 Å². The van der Waals surface area contributed by atoms with E-state index in [1.165, 1.54) is 13.8 Å². The lowest BCUT2D eigenvalue weighted by Gasteiger charge is -2.22. The first kappa shape index (κ1) is 18.9. The Morgan fingerprint density at radius 1 is 1.32 bits per heavy atom. The predicted molar refractivity (Wildman–Crippen MR) is 86.3 cm³/mol. The molecular formula is C16H18ClNO7. The third-order valence-corrected chi connectivity index (χ3v) is 3.71. The number of halogens is 1. The van der Waals surface area contributed by atoms with Crippen molar-refractivity contribution >= 4 is 29.6 Å². The maximum atomic E-state index is 12.2. The van der Waals surface area contributed by atoms with Gasteiger partial charge in [0.05, 0.1) is 6.54 Å². The minimum atomic E-state index is -1.17. The highest BCUT2D eigenvalue weighted by Gasteiger charge is 2.42. The van der Waals surface area contributed by atoms with Crippen molar-refractivity contribution in [3.8, 4) is 5.75 Å². The topological polar surface area (TPSA) is 102 Å². The summed E-state index contributed by atoms with van der Waals surface area (Å²) in [6, 6.07) is 5.57. The number of amides is 1. The summed E-state index contributed by atoms with van der Waals surface area (Å²) in [4.78, 5) is 35.5. The summed E-state index contributed by atoms with van der Waals surface area (Å²) in [5.74, 6) is -1.31. The van der Waals surface area contributed by atoms with Crippen LogP contribution in [-0.4, -0.2) is 53.0 Å². The molecule has 0 spiro atoms. The first-order valence-electron chi connectivity index (χ1n) is 7.55. The number of rotatable bonds is 5. The lowest BCUT2D eigenvalue weighted by Crippen LogP contribution is -2.42. The number of aliphatic carboxylic acids is 1. The molecule has 1 fully saturated rings. The summed E-state index contributed by atoms with van der Waals surface area (Å²) in [6.07, 6.45) is -2.44. The molecule has 25 heavy (non-hydrogen) atoms. The summed E-state index contributed by atoms with van der Waals surface area (Å²) in [5.41, 5.74) is 0. The van der Waals surface area contributed by atoms with Crippen molar-refractivity contribution < 1.29 is 33.7 Å². The van der Waals surface area contributed by atoms with Crippen molar-refractivity contribution in [2.24, 2.45) is 0 Å². The van der Waals surface area contributed by atoms with Crippen LogP contribution in [0.5, 0.6) is 5.75 Å². The molecule has 1 aromatic rings. The molecule has 1 saturated heterocycles. The van der Waals surface area contributed by atoms with Crippen LogP contribution >= 0.6 is 11.6 Å². The van der Waals surface area contributed by atoms with Crippen LogP contribution in [0.4, 0.5) is 4.79 Å². The van der Waals surface area contributed by atoms with E-state index < -0.39 is 36.5 Å². The molecule has 0 saturated carbocycles. The van der Waals surface area contributed by atoms with Crippen LogP contribution in [0.2, 0.25) is 5.02 Å². The molecule has 9 heteroatoms. The molecule has 0 aromatic heterocycles. The number of nitrogens with zero attached hydrogens (tertiary/aromatic N) is 1. The number of carboxylic acids is 1. The van der Waals surface area contributed by atoms with Gasteiger partial charge < -0.3 is 19.3 Å². The Labute approximate surface area is 149 Å². The van der Waals surface area contributed by atoms with E-state index >= 15 is 0 Å². The maximum absolute atomic E-state index is 12.2. The Bertz CT molecular complexity index is 666. The van der Waals surface area contributed by atoms with E-state index in [-0.39, 0.29) is 13.0 Å². The molecule has 0 aliphatic carbocycles. The average Bonchev–Trinajstić information content (AvgIpc) is 2.90. The first-order valence-corrected chi connectivity index (χ1v) is 7.93. The molecule has 8 nitrogen and oxygen atoms in total. The maximum Gasteiger partial charge on any atom is 0.413 e. The molecule has 3 atom stereocenters. The zero-order chi connectivity index (χ0) is 18.6. The van der Waals surface area contributed by atoms with E-state index in [0.29, 0.717) is 10.8 Å². The highest BCUT2D eigenvalue weighted by atomic mass is 35.5. The van der Waals surface area contributed by atoms with E-state index in [4.69, 9.17) is 25.8 Å². The van der Waals surface area contributed by atoms with Crippen molar-refractivity contribution in [1.82, 2.24) is 4.90 Å². The van der Waals surface area contributed by atoms with Gasteiger partial charge in [-0.3, -0.25) is 9.69 Å². The molecule has 1 heterocycles. The summed E-state index contributed by atoms with van der Waals surface area (Å²) in [6.45, 7) is 2.56. The van der Waals surface area contributed by atoms with Gasteiger partial charge in [-0.05, 0) is 18.2 Å². The quantitative estimate of drug-likeness (QED) is 0.625. The van der Waals surface area contributed by atoms with Crippen LogP contribution in [0.3, 0.4) is 0 Å². The molecule has 1 aliphatic rings. The second kappa shape index (κ2) is 8.06. The van der Waals surface area contributed by atoms with Gasteiger partial charge in [-0.1, -0.05) is 17.7 Å². The minimum Gasteiger partial charge on any atom is -0.488 e. The number of carbonyl (C=O) groups excluding carboxylic acids is 2. The average molecular weight is 372 g/mol. The van der Waals surface area contributed by atoms with Crippen LogP contribution in [0.1, 0.15) is 20.3 Å². The highest BCUT2D eigenvalue weighted by molar-refractivity contribution is 6.30. The molecular weight excluding hydrogens is 354 g/mol. The molecule has 1 N–H and O–H groups in total. The standard InChI is InChI=1S/C16H18ClNO7/c1-9(19)23-10(2)24-16(22)18-8-13(7-14(18)15(20)21)25-12-5-3-4-11(17)6-12/h3-6,10,13-14H,7-8H2,1-2H3,(H,20,21)/t10-,13-,14-/m0/s1. The molecule has 1 aromatic carbocycles. The Balaban J connectivity index is 2.03. The number of ether oxygens (including phenoxy) is 3. The van der Waals surface area contributed by atoms with E-state index in [9.17, 15) is 19.5 Å². The number of likely N-dealkylation sites (tertiary alicyclic amines) is 1. The zero-order valence-corrected chi connectivity index (χ0v) is 14.4. The van der Waals surface area contributed by atoms with Gasteiger partial charge in [0, 0.05) is 25.3 Å². The van der Waals surface area contributed by atoms with Crippen LogP contribution in [0.15, 0.2) is 24.3 Å². The molecule has 0 unspecified atom stereocenters. The predicted octanol–water partition coefficient (Wildman–Crippen LogP) is 2.29. The fourth-order valence-corrected chi connectivity index (χ4v) is 2.70. The third-order valence-electron chi connectivity index (χ3n) is 3.48. The number of hydrogen-bond donors (Lipinski definition) is 1. The second-order valence-electron chi connectivity index (χ2n) is 5.50. The van der Waals surface area contributed by atoms with Gasteiger partial charge >= 0.3 is 18.0 Å². The summed E-state index contributed by atoms with van der Waals surface area (Å²) in [7, 11) is 0. The van der Waals surface area contributed by atoms with Gasteiger partial charge in [-0.2, -0.15) is 0 Å². The van der Waals surface area contributed by atoms with Crippen molar-refractivity contribution in [2.75, 3.05) is 6.54 Å². The normalized spacial score (nSPS) is 20.7. The number of benzene rings is 1. The van der Waals surface area contributed by atoms with E-state index in [0.717, 1.165) is 4.90 Å². The molecule has 0 bridgehead atoms. The largest absolute Gasteiger partial charge is 0.488 e. The van der Waals surface area contributed by atoms with Crippen molar-refractivity contribution in [3.05, 3.63) is 29.3 Å². The van der Waals surface area contributed by atoms with Crippen LogP contribution < -0.4 is 4.74 Å². The van der Waals surface area contributed by atoms with E-state index in [1.54, 1.807) is 24.3 Å². The van der Waals surface area contributed by atoms with Crippen molar-refractivity contribution in [1.29, 1.82) is 0 Å². The van der Waals surface area contributed by atoms with Crippen molar-refractivity contribution in [3.63, 3.8) is 0 Å². The lowest BCUT2D eigenvalue weighted by molar-refractivity contribution is -0.164. The monoisotopic (exact) mass is 371 g/mol. The number of esters is 1. The Kier molecular flexibility index (Phi) is 6.08. The second-order valence-corrected chi connectivity index (χ2v) is 5.94. The van der Waals surface area contributed by atoms with Gasteiger partial charge in [0.25, 0.3) is 0 Å². The van der Waals surface area contributed by atoms with Gasteiger partial charge in [0.15, 0.2) is 0 Å². The molecule has 1 amide bonds. The van der Waals surface area contributed by atoms with Gasteiger partial charge in [0.1, 0.15) is 17.9 Å². The molecule has 1 aliphatic heterocycles. The van der Waals surface area contributed by atoms with Gasteiger partial charge in [-0.25, -0.2) is 9.59 Å². The minimum absolute atomic E-state index is 0.0229. The fourth-order valence-electron chi connectivity index (χ4n) is 2.52. The SMILES string of the molecule is CC(=O)O[C@H](C)OC(=O)N1C[C@@H](Oc2cccc(Cl)c2)C[C@H]1C(=O)O. The summed E-state index contributed by atoms with van der Waals surface area (Å²) < 4.78 is 15.4. The third kappa shape index (κ3) is 5.25. The zero-order valence-electron chi connectivity index (χ0n) is 13.7. The Morgan fingerprint density at radius 2 is 2.04 bits per heavy atom. The van der Waals surface area contributed by atoms with E-state index in [2.05, 4.69) is 0 Å². The Hall–Kier alpha value is -2.48. The molecule has 136 valence electrons. The number of hydrogen-bond acceptors (Lipinski definition) is 6.